The summed E-state index contributed by atoms with van der Waals surface area (Å²) in [5, 5.41) is 0. The molecular weight excluding hydrogens is 442 g/mol. The van der Waals surface area contributed by atoms with E-state index in [2.05, 4.69) is 6.92 Å². The minimum atomic E-state index is -0.673. The van der Waals surface area contributed by atoms with E-state index in [-0.39, 0.29) is 23.2 Å². The monoisotopic (exact) mass is 488 g/mol. The molecule has 1 aromatic carbocycles. The summed E-state index contributed by atoms with van der Waals surface area (Å²) < 4.78 is 32.9. The molecule has 4 atom stereocenters. The van der Waals surface area contributed by atoms with Crippen molar-refractivity contribution >= 4 is 5.97 Å². The van der Waals surface area contributed by atoms with Crippen LogP contribution in [0.25, 0.3) is 0 Å². The lowest BCUT2D eigenvalue weighted by atomic mass is 9.60. The summed E-state index contributed by atoms with van der Waals surface area (Å²) in [7, 11) is 0. The Morgan fingerprint density at radius 2 is 1.37 bits per heavy atom. The highest BCUT2D eigenvalue weighted by Crippen LogP contribution is 2.49. The van der Waals surface area contributed by atoms with Crippen LogP contribution in [0.2, 0.25) is 0 Å². The van der Waals surface area contributed by atoms with Crippen molar-refractivity contribution in [3.05, 3.63) is 29.3 Å². The number of hydrogen-bond donors (Lipinski definition) is 0. The van der Waals surface area contributed by atoms with Gasteiger partial charge in [-0.3, -0.25) is 4.79 Å². The lowest BCUT2D eigenvalue weighted by Gasteiger charge is -2.45. The van der Waals surface area contributed by atoms with Crippen molar-refractivity contribution in [2.24, 2.45) is 35.5 Å². The molecule has 3 aliphatic carbocycles. The number of unbranched alkanes of at least 4 members (excludes halogenated alkanes) is 4. The van der Waals surface area contributed by atoms with Crippen molar-refractivity contribution in [2.75, 3.05) is 0 Å². The van der Waals surface area contributed by atoms with E-state index in [0.717, 1.165) is 67.4 Å². The van der Waals surface area contributed by atoms with Crippen LogP contribution in [0.15, 0.2) is 12.1 Å². The zero-order valence-corrected chi connectivity index (χ0v) is 22.0. The van der Waals surface area contributed by atoms with Gasteiger partial charge in [0.25, 0.3) is 0 Å². The van der Waals surface area contributed by atoms with E-state index in [1.165, 1.54) is 84.0 Å². The van der Waals surface area contributed by atoms with Crippen LogP contribution in [0.5, 0.6) is 5.75 Å². The standard InChI is InChI=1S/C31H46F2O2/c1-3-4-5-6-7-8-22-9-10-27-18-26(16-15-25(27)17-22)23-11-13-24(14-12-23)31(34)35-28-19-29(32)21(2)30(33)20-28/h19-20,22-27H,3-18H2,1-2H3. The normalized spacial score (nSPS) is 31.1. The molecule has 0 aromatic heterocycles. The molecule has 3 saturated carbocycles. The second-order valence-electron chi connectivity index (χ2n) is 12.0. The fourth-order valence-electron chi connectivity index (χ4n) is 7.46. The molecule has 35 heavy (non-hydrogen) atoms. The topological polar surface area (TPSA) is 26.3 Å². The van der Waals surface area contributed by atoms with Crippen molar-refractivity contribution in [3.63, 3.8) is 0 Å². The van der Waals surface area contributed by atoms with Gasteiger partial charge in [0.1, 0.15) is 17.4 Å². The molecule has 4 unspecified atom stereocenters. The minimum Gasteiger partial charge on any atom is -0.426 e. The molecule has 1 aromatic rings. The zero-order chi connectivity index (χ0) is 24.8. The summed E-state index contributed by atoms with van der Waals surface area (Å²) in [6.45, 7) is 3.67. The van der Waals surface area contributed by atoms with Crippen LogP contribution < -0.4 is 4.74 Å². The SMILES string of the molecule is CCCCCCCC1CCC2CC(C3CCC(C(=O)Oc4cc(F)c(C)c(F)c4)CC3)CCC2C1. The lowest BCUT2D eigenvalue weighted by molar-refractivity contribution is -0.140. The van der Waals surface area contributed by atoms with Gasteiger partial charge < -0.3 is 4.74 Å². The second-order valence-corrected chi connectivity index (χ2v) is 12.0. The Kier molecular flexibility index (Phi) is 9.64. The molecule has 0 amide bonds. The van der Waals surface area contributed by atoms with Crippen molar-refractivity contribution in [1.82, 2.24) is 0 Å². The van der Waals surface area contributed by atoms with Crippen LogP contribution >= 0.6 is 0 Å². The van der Waals surface area contributed by atoms with Crippen molar-refractivity contribution < 1.29 is 18.3 Å². The maximum Gasteiger partial charge on any atom is 0.314 e. The van der Waals surface area contributed by atoms with Crippen LogP contribution in [-0.2, 0) is 4.79 Å². The van der Waals surface area contributed by atoms with E-state index >= 15 is 0 Å². The maximum atomic E-state index is 13.8. The third-order valence-electron chi connectivity index (χ3n) is 9.72. The summed E-state index contributed by atoms with van der Waals surface area (Å²) in [6, 6.07) is 2.23. The fourth-order valence-corrected chi connectivity index (χ4v) is 7.46. The lowest BCUT2D eigenvalue weighted by Crippen LogP contribution is -2.35. The first-order chi connectivity index (χ1) is 16.9. The summed E-state index contributed by atoms with van der Waals surface area (Å²) in [4.78, 5) is 12.6. The number of esters is 1. The van der Waals surface area contributed by atoms with E-state index in [1.807, 2.05) is 0 Å². The van der Waals surface area contributed by atoms with Crippen LogP contribution in [0.1, 0.15) is 115 Å². The molecule has 3 aliphatic rings. The van der Waals surface area contributed by atoms with Gasteiger partial charge in [-0.05, 0) is 94.3 Å². The molecule has 0 radical (unpaired) electrons. The Labute approximate surface area is 211 Å². The molecule has 3 fully saturated rings. The van der Waals surface area contributed by atoms with E-state index in [0.29, 0.717) is 0 Å². The van der Waals surface area contributed by atoms with Crippen LogP contribution in [0.3, 0.4) is 0 Å². The van der Waals surface area contributed by atoms with E-state index in [9.17, 15) is 13.6 Å². The highest BCUT2D eigenvalue weighted by Gasteiger charge is 2.39. The number of fused-ring (bicyclic) bond motifs is 1. The van der Waals surface area contributed by atoms with E-state index < -0.39 is 11.6 Å². The molecular formula is C31H46F2O2. The van der Waals surface area contributed by atoms with Gasteiger partial charge in [-0.2, -0.15) is 0 Å². The Balaban J connectivity index is 1.18. The average molecular weight is 489 g/mol. The van der Waals surface area contributed by atoms with Gasteiger partial charge >= 0.3 is 5.97 Å². The minimum absolute atomic E-state index is 0.0207. The number of hydrogen-bond acceptors (Lipinski definition) is 2. The highest BCUT2D eigenvalue weighted by molar-refractivity contribution is 5.75. The molecule has 0 aliphatic heterocycles. The van der Waals surface area contributed by atoms with Crippen molar-refractivity contribution in [2.45, 2.75) is 117 Å². The summed E-state index contributed by atoms with van der Waals surface area (Å²) in [6.07, 6.45) is 20.8. The Morgan fingerprint density at radius 3 is 2.06 bits per heavy atom. The fraction of sp³-hybridized carbons (Fsp3) is 0.774. The summed E-state index contributed by atoms with van der Waals surface area (Å²) >= 11 is 0. The molecule has 4 heteroatoms. The second kappa shape index (κ2) is 12.7. The maximum absolute atomic E-state index is 13.8. The van der Waals surface area contributed by atoms with E-state index in [1.54, 1.807) is 0 Å². The van der Waals surface area contributed by atoms with Gasteiger partial charge in [0.2, 0.25) is 0 Å². The van der Waals surface area contributed by atoms with Gasteiger partial charge in [-0.15, -0.1) is 0 Å². The summed E-state index contributed by atoms with van der Waals surface area (Å²) in [5.74, 6) is 2.57. The Hall–Kier alpha value is -1.45. The first-order valence-corrected chi connectivity index (χ1v) is 14.6. The third kappa shape index (κ3) is 7.07. The van der Waals surface area contributed by atoms with Gasteiger partial charge in [-0.1, -0.05) is 51.9 Å². The van der Waals surface area contributed by atoms with Crippen LogP contribution in [-0.4, -0.2) is 5.97 Å². The molecule has 0 spiro atoms. The smallest absolute Gasteiger partial charge is 0.314 e. The number of carbonyl (C=O) groups is 1. The quantitative estimate of drug-likeness (QED) is 0.197. The number of ether oxygens (including phenoxy) is 1. The third-order valence-corrected chi connectivity index (χ3v) is 9.72. The van der Waals surface area contributed by atoms with E-state index in [4.69, 9.17) is 4.74 Å². The molecule has 4 rings (SSSR count). The van der Waals surface area contributed by atoms with Crippen LogP contribution in [0, 0.1) is 54.1 Å². The van der Waals surface area contributed by atoms with Gasteiger partial charge in [0, 0.05) is 17.7 Å². The molecule has 0 heterocycles. The first kappa shape index (κ1) is 26.6. The first-order valence-electron chi connectivity index (χ1n) is 14.6. The largest absolute Gasteiger partial charge is 0.426 e. The van der Waals surface area contributed by atoms with Gasteiger partial charge in [0.15, 0.2) is 0 Å². The van der Waals surface area contributed by atoms with Crippen molar-refractivity contribution in [1.29, 1.82) is 0 Å². The Bertz CT molecular complexity index is 806. The average Bonchev–Trinajstić information content (AvgIpc) is 2.87. The predicted molar refractivity (Wildman–Crippen MR) is 137 cm³/mol. The van der Waals surface area contributed by atoms with Crippen LogP contribution in [0.4, 0.5) is 8.78 Å². The molecule has 0 bridgehead atoms. The highest BCUT2D eigenvalue weighted by atomic mass is 19.1. The van der Waals surface area contributed by atoms with Gasteiger partial charge in [0.05, 0.1) is 5.92 Å². The number of benzene rings is 1. The van der Waals surface area contributed by atoms with Crippen molar-refractivity contribution in [3.8, 4) is 5.75 Å². The Morgan fingerprint density at radius 1 is 0.800 bits per heavy atom. The predicted octanol–water partition coefficient (Wildman–Crippen LogP) is 9.18. The molecule has 0 saturated heterocycles. The van der Waals surface area contributed by atoms with Gasteiger partial charge in [-0.25, -0.2) is 8.78 Å². The summed E-state index contributed by atoms with van der Waals surface area (Å²) in [5.41, 5.74) is -0.0454. The number of halogens is 2. The molecule has 0 N–H and O–H groups in total. The number of rotatable bonds is 9. The molecule has 2 nitrogen and oxygen atoms in total. The zero-order valence-electron chi connectivity index (χ0n) is 22.0. The molecule has 196 valence electrons. The number of carbonyl (C=O) groups excluding carboxylic acids is 1.